The standard InChI is InChI=1S/C8H6N.C8H10N.CH3.Os/c1-2-4-8-7(3-1)5-6-9-8;1-7(9)8-5-3-2-4-6-8;;/h1-5,9H;3-7H,9H2,1H3;1H3;/q3*-1;/t;7-;;/m.0../s1. The van der Waals surface area contributed by atoms with E-state index in [-0.39, 0.29) is 33.3 Å². The average molecular weight is 442 g/mol. The molecule has 0 aliphatic rings. The monoisotopic (exact) mass is 443 g/mol. The molecule has 0 saturated carbocycles. The molecule has 3 heteroatoms. The van der Waals surface area contributed by atoms with Crippen molar-refractivity contribution in [1.82, 2.24) is 4.98 Å². The van der Waals surface area contributed by atoms with Crippen molar-refractivity contribution < 1.29 is 19.8 Å². The second-order valence-corrected chi connectivity index (χ2v) is 4.12. The third-order valence-corrected chi connectivity index (χ3v) is 2.67. The zero-order chi connectivity index (χ0) is 12.8. The third-order valence-electron chi connectivity index (χ3n) is 2.67. The second kappa shape index (κ2) is 9.48. The van der Waals surface area contributed by atoms with Gasteiger partial charge in [0.1, 0.15) is 0 Å². The van der Waals surface area contributed by atoms with Crippen molar-refractivity contribution in [3.05, 3.63) is 79.9 Å². The van der Waals surface area contributed by atoms with Gasteiger partial charge in [-0.05, 0) is 6.92 Å². The topological polar surface area (TPSA) is 41.8 Å². The van der Waals surface area contributed by atoms with E-state index in [1.165, 1.54) is 5.39 Å². The largest absolute Gasteiger partial charge is 0.477 e. The van der Waals surface area contributed by atoms with E-state index in [0.29, 0.717) is 0 Å². The van der Waals surface area contributed by atoms with E-state index in [0.717, 1.165) is 11.1 Å². The smallest absolute Gasteiger partial charge is 0.00421 e. The minimum absolute atomic E-state index is 0. The van der Waals surface area contributed by atoms with Gasteiger partial charge in [0.05, 0.1) is 0 Å². The normalized spacial score (nSPS) is 10.5. The van der Waals surface area contributed by atoms with E-state index in [1.54, 1.807) is 0 Å². The predicted molar refractivity (Wildman–Crippen MR) is 81.4 cm³/mol. The Morgan fingerprint density at radius 3 is 2.30 bits per heavy atom. The molecule has 1 aromatic heterocycles. The van der Waals surface area contributed by atoms with Crippen molar-refractivity contribution in [2.75, 3.05) is 0 Å². The van der Waals surface area contributed by atoms with Gasteiger partial charge in [-0.3, -0.25) is 0 Å². The zero-order valence-electron chi connectivity index (χ0n) is 11.7. The fourth-order valence-electron chi connectivity index (χ4n) is 1.63. The van der Waals surface area contributed by atoms with Gasteiger partial charge in [0.25, 0.3) is 0 Å². The molecule has 2 aromatic carbocycles. The average Bonchev–Trinajstić information content (AvgIpc) is 2.89. The first-order valence-corrected chi connectivity index (χ1v) is 5.93. The number of H-pyrrole nitrogens is 1. The van der Waals surface area contributed by atoms with Gasteiger partial charge in [-0.1, -0.05) is 12.1 Å². The first kappa shape index (κ1) is 18.6. The number of nitrogens with one attached hydrogen (secondary N) is 1. The van der Waals surface area contributed by atoms with Crippen LogP contribution in [0.15, 0.2) is 54.6 Å². The summed E-state index contributed by atoms with van der Waals surface area (Å²) in [5, 5.41) is 1.22. The fourth-order valence-corrected chi connectivity index (χ4v) is 1.63. The number of hydrogen-bond acceptors (Lipinski definition) is 1. The van der Waals surface area contributed by atoms with E-state index in [2.05, 4.69) is 23.3 Å². The van der Waals surface area contributed by atoms with Gasteiger partial charge in [-0.15, -0.1) is 29.4 Å². The second-order valence-electron chi connectivity index (χ2n) is 4.12. The number of aromatic nitrogens is 1. The summed E-state index contributed by atoms with van der Waals surface area (Å²) in [7, 11) is 0. The summed E-state index contributed by atoms with van der Waals surface area (Å²) >= 11 is 0. The Labute approximate surface area is 134 Å². The summed E-state index contributed by atoms with van der Waals surface area (Å²) < 4.78 is 0. The summed E-state index contributed by atoms with van der Waals surface area (Å²) in [6, 6.07) is 20.8. The predicted octanol–water partition coefficient (Wildman–Crippen LogP) is 3.92. The maximum atomic E-state index is 5.60. The van der Waals surface area contributed by atoms with Crippen LogP contribution < -0.4 is 5.73 Å². The van der Waals surface area contributed by atoms with Crippen LogP contribution >= 0.6 is 0 Å². The minimum atomic E-state index is 0. The quantitative estimate of drug-likeness (QED) is 0.552. The Morgan fingerprint density at radius 2 is 1.75 bits per heavy atom. The SMILES string of the molecule is C[C@H](N)c1cc[c-]cc1.[CH3-].[Os].[c-]1cc2ccccc2[nH]1. The number of rotatable bonds is 1. The van der Waals surface area contributed by atoms with E-state index >= 15 is 0 Å². The summed E-state index contributed by atoms with van der Waals surface area (Å²) in [6.45, 7) is 1.97. The third kappa shape index (κ3) is 5.29. The molecular formula is C17H19N2Os-3. The number of para-hydroxylation sites is 1. The molecule has 20 heavy (non-hydrogen) atoms. The molecular weight excluding hydrogens is 422 g/mol. The van der Waals surface area contributed by atoms with Crippen LogP contribution in [-0.2, 0) is 19.8 Å². The van der Waals surface area contributed by atoms with Gasteiger partial charge in [0.2, 0.25) is 0 Å². The van der Waals surface area contributed by atoms with E-state index in [9.17, 15) is 0 Å². The number of benzene rings is 2. The molecule has 1 atom stereocenters. The van der Waals surface area contributed by atoms with E-state index in [4.69, 9.17) is 5.73 Å². The Kier molecular flexibility index (Phi) is 8.80. The van der Waals surface area contributed by atoms with Crippen LogP contribution in [0.1, 0.15) is 18.5 Å². The molecule has 3 N–H and O–H groups in total. The van der Waals surface area contributed by atoms with E-state index < -0.39 is 0 Å². The maximum absolute atomic E-state index is 5.60. The molecule has 0 fully saturated rings. The van der Waals surface area contributed by atoms with Crippen LogP contribution in [0.25, 0.3) is 10.9 Å². The Hall–Kier alpha value is -1.42. The molecule has 0 radical (unpaired) electrons. The molecule has 0 bridgehead atoms. The number of nitrogens with two attached hydrogens (primary N) is 1. The van der Waals surface area contributed by atoms with Crippen LogP contribution in [0.3, 0.4) is 0 Å². The van der Waals surface area contributed by atoms with Gasteiger partial charge >= 0.3 is 0 Å². The van der Waals surface area contributed by atoms with Gasteiger partial charge in [-0.25, -0.2) is 0 Å². The maximum Gasteiger partial charge on any atom is 0.00421 e. The summed E-state index contributed by atoms with van der Waals surface area (Å²) in [5.74, 6) is 0. The fraction of sp³-hybridized carbons (Fsp3) is 0.118. The van der Waals surface area contributed by atoms with Crippen LogP contribution in [0.5, 0.6) is 0 Å². The molecule has 0 aliphatic carbocycles. The Morgan fingerprint density at radius 1 is 1.10 bits per heavy atom. The molecule has 1 heterocycles. The molecule has 0 aliphatic heterocycles. The Balaban J connectivity index is 0.000000328. The van der Waals surface area contributed by atoms with E-state index in [1.807, 2.05) is 55.5 Å². The van der Waals surface area contributed by atoms with Crippen LogP contribution in [0.2, 0.25) is 0 Å². The van der Waals surface area contributed by atoms with Crippen LogP contribution in [0.4, 0.5) is 0 Å². The van der Waals surface area contributed by atoms with Crippen LogP contribution in [0, 0.1) is 19.7 Å². The molecule has 0 spiro atoms. The molecule has 0 amide bonds. The van der Waals surface area contributed by atoms with Crippen molar-refractivity contribution in [2.45, 2.75) is 13.0 Å². The van der Waals surface area contributed by atoms with Crippen molar-refractivity contribution in [1.29, 1.82) is 0 Å². The molecule has 0 unspecified atom stereocenters. The summed E-state index contributed by atoms with van der Waals surface area (Å²) in [4.78, 5) is 2.99. The van der Waals surface area contributed by atoms with Gasteiger partial charge in [0.15, 0.2) is 0 Å². The zero-order valence-corrected chi connectivity index (χ0v) is 14.2. The number of hydrogen-bond donors (Lipinski definition) is 2. The van der Waals surface area contributed by atoms with Gasteiger partial charge in [0, 0.05) is 25.8 Å². The Bertz CT molecular complexity index is 558. The molecule has 2 nitrogen and oxygen atoms in total. The minimum Gasteiger partial charge on any atom is -0.477 e. The van der Waals surface area contributed by atoms with Crippen molar-refractivity contribution >= 4 is 10.9 Å². The molecule has 0 saturated heterocycles. The van der Waals surface area contributed by atoms with Crippen LogP contribution in [-0.4, -0.2) is 4.98 Å². The first-order valence-electron chi connectivity index (χ1n) is 5.93. The van der Waals surface area contributed by atoms with Gasteiger partial charge in [-0.2, -0.15) is 41.8 Å². The molecule has 108 valence electrons. The van der Waals surface area contributed by atoms with Crippen molar-refractivity contribution in [3.8, 4) is 0 Å². The van der Waals surface area contributed by atoms with Crippen molar-refractivity contribution in [3.63, 3.8) is 0 Å². The van der Waals surface area contributed by atoms with Crippen molar-refractivity contribution in [2.24, 2.45) is 5.73 Å². The molecule has 3 rings (SSSR count). The number of aromatic amines is 1. The first-order chi connectivity index (χ1) is 8.77. The number of fused-ring (bicyclic) bond motifs is 1. The van der Waals surface area contributed by atoms with Gasteiger partial charge < -0.3 is 18.1 Å². The summed E-state index contributed by atoms with van der Waals surface area (Å²) in [6.07, 6.45) is 2.91. The summed E-state index contributed by atoms with van der Waals surface area (Å²) in [5.41, 5.74) is 7.91. The molecule has 3 aromatic rings.